The van der Waals surface area contributed by atoms with E-state index in [1.54, 1.807) is 6.92 Å². The minimum absolute atomic E-state index is 0.183. The Labute approximate surface area is 100 Å². The highest BCUT2D eigenvalue weighted by atomic mass is 16.7. The Balaban J connectivity index is 5.26. The zero-order valence-corrected chi connectivity index (χ0v) is 10.2. The first-order valence-electron chi connectivity index (χ1n) is 5.27. The van der Waals surface area contributed by atoms with Gasteiger partial charge in [0.2, 0.25) is 5.79 Å². The first kappa shape index (κ1) is 16.1. The van der Waals surface area contributed by atoms with Crippen LogP contribution in [0.15, 0.2) is 12.7 Å². The van der Waals surface area contributed by atoms with Gasteiger partial charge < -0.3 is 24.8 Å². The van der Waals surface area contributed by atoms with Crippen molar-refractivity contribution in [2.75, 3.05) is 26.4 Å². The van der Waals surface area contributed by atoms with E-state index in [2.05, 4.69) is 6.58 Å². The molecule has 1 atom stereocenters. The number of aliphatic hydroxyl groups excluding tert-OH is 3. The predicted octanol–water partition coefficient (Wildman–Crippen LogP) is -0.568. The van der Waals surface area contributed by atoms with Crippen LogP contribution in [0.25, 0.3) is 0 Å². The van der Waals surface area contributed by atoms with Gasteiger partial charge >= 0.3 is 5.97 Å². The Kier molecular flexibility index (Phi) is 6.33. The summed E-state index contributed by atoms with van der Waals surface area (Å²) in [7, 11) is 0. The lowest BCUT2D eigenvalue weighted by molar-refractivity contribution is -0.293. The van der Waals surface area contributed by atoms with Crippen LogP contribution in [0.1, 0.15) is 13.8 Å². The van der Waals surface area contributed by atoms with Crippen LogP contribution in [0, 0.1) is 5.41 Å². The van der Waals surface area contributed by atoms with E-state index in [0.29, 0.717) is 0 Å². The van der Waals surface area contributed by atoms with Gasteiger partial charge in [0.15, 0.2) is 0 Å². The molecule has 0 aliphatic carbocycles. The van der Waals surface area contributed by atoms with Gasteiger partial charge in [0.05, 0.1) is 19.8 Å². The molecule has 6 nitrogen and oxygen atoms in total. The van der Waals surface area contributed by atoms with Gasteiger partial charge in [-0.05, 0) is 6.92 Å². The lowest BCUT2D eigenvalue weighted by Gasteiger charge is -2.43. The van der Waals surface area contributed by atoms with Crippen LogP contribution in [-0.4, -0.2) is 53.5 Å². The molecule has 0 aliphatic heterocycles. The van der Waals surface area contributed by atoms with Crippen LogP contribution >= 0.6 is 0 Å². The molecule has 0 aromatic rings. The predicted molar refractivity (Wildman–Crippen MR) is 60.0 cm³/mol. The number of hydrogen-bond donors (Lipinski definition) is 3. The van der Waals surface area contributed by atoms with E-state index < -0.39 is 37.0 Å². The SMILES string of the molecule is C=CC(=O)OC(C)(OCC)C(CO)(CO)CO. The van der Waals surface area contributed by atoms with E-state index in [4.69, 9.17) is 9.47 Å². The van der Waals surface area contributed by atoms with E-state index >= 15 is 0 Å². The second kappa shape index (κ2) is 6.70. The van der Waals surface area contributed by atoms with Crippen LogP contribution in [-0.2, 0) is 14.3 Å². The fourth-order valence-electron chi connectivity index (χ4n) is 1.38. The lowest BCUT2D eigenvalue weighted by atomic mass is 9.82. The van der Waals surface area contributed by atoms with Crippen LogP contribution < -0.4 is 0 Å². The number of esters is 1. The molecule has 1 unspecified atom stereocenters. The fraction of sp³-hybridized carbons (Fsp3) is 0.727. The number of carbonyl (C=O) groups is 1. The smallest absolute Gasteiger partial charge is 0.332 e. The van der Waals surface area contributed by atoms with Gasteiger partial charge in [0.1, 0.15) is 5.41 Å². The number of rotatable bonds is 8. The summed E-state index contributed by atoms with van der Waals surface area (Å²) >= 11 is 0. The van der Waals surface area contributed by atoms with Crippen molar-refractivity contribution in [1.82, 2.24) is 0 Å². The summed E-state index contributed by atoms with van der Waals surface area (Å²) in [5.74, 6) is -2.40. The molecule has 0 heterocycles. The van der Waals surface area contributed by atoms with E-state index in [-0.39, 0.29) is 6.61 Å². The quantitative estimate of drug-likeness (QED) is 0.302. The molecule has 100 valence electrons. The molecule has 0 aliphatic rings. The average molecular weight is 248 g/mol. The van der Waals surface area contributed by atoms with Crippen LogP contribution in [0.2, 0.25) is 0 Å². The standard InChI is InChI=1S/C11H20O6/c1-4-9(15)17-10(3,16-5-2)11(6-12,7-13)8-14/h4,12-14H,1,5-8H2,2-3H3. The monoisotopic (exact) mass is 248 g/mol. The minimum Gasteiger partial charge on any atom is -0.429 e. The Morgan fingerprint density at radius 2 is 1.76 bits per heavy atom. The molecule has 0 saturated heterocycles. The summed E-state index contributed by atoms with van der Waals surface area (Å²) in [5, 5.41) is 27.9. The number of aliphatic hydroxyl groups is 3. The summed E-state index contributed by atoms with van der Waals surface area (Å²) in [6.45, 7) is 4.68. The summed E-state index contributed by atoms with van der Waals surface area (Å²) < 4.78 is 10.3. The van der Waals surface area contributed by atoms with Crippen LogP contribution in [0.5, 0.6) is 0 Å². The molecule has 6 heteroatoms. The topological polar surface area (TPSA) is 96.2 Å². The molecule has 0 fully saturated rings. The summed E-state index contributed by atoms with van der Waals surface area (Å²) in [5.41, 5.74) is -1.48. The molecule has 0 aromatic carbocycles. The van der Waals surface area contributed by atoms with Crippen molar-refractivity contribution in [2.45, 2.75) is 19.6 Å². The Bertz CT molecular complexity index is 252. The van der Waals surface area contributed by atoms with Gasteiger partial charge in [0, 0.05) is 19.6 Å². The van der Waals surface area contributed by atoms with Crippen molar-refractivity contribution in [2.24, 2.45) is 5.41 Å². The zero-order chi connectivity index (χ0) is 13.5. The van der Waals surface area contributed by atoms with Gasteiger partial charge in [-0.25, -0.2) is 4.79 Å². The van der Waals surface area contributed by atoms with Gasteiger partial charge in [-0.3, -0.25) is 0 Å². The molecule has 17 heavy (non-hydrogen) atoms. The molecular weight excluding hydrogens is 228 g/mol. The van der Waals surface area contributed by atoms with Crippen molar-refractivity contribution in [3.05, 3.63) is 12.7 Å². The third-order valence-corrected chi connectivity index (χ3v) is 2.75. The summed E-state index contributed by atoms with van der Waals surface area (Å²) in [6.07, 6.45) is 0.939. The van der Waals surface area contributed by atoms with E-state index in [1.807, 2.05) is 0 Å². The highest BCUT2D eigenvalue weighted by Gasteiger charge is 2.51. The van der Waals surface area contributed by atoms with Crippen molar-refractivity contribution in [1.29, 1.82) is 0 Å². The van der Waals surface area contributed by atoms with Crippen molar-refractivity contribution >= 4 is 5.97 Å². The largest absolute Gasteiger partial charge is 0.429 e. The van der Waals surface area contributed by atoms with E-state index in [1.165, 1.54) is 6.92 Å². The maximum absolute atomic E-state index is 11.2. The average Bonchev–Trinajstić information content (AvgIpc) is 2.32. The number of hydrogen-bond acceptors (Lipinski definition) is 6. The van der Waals surface area contributed by atoms with Gasteiger partial charge in [0.25, 0.3) is 0 Å². The fourth-order valence-corrected chi connectivity index (χ4v) is 1.38. The second-order valence-corrected chi connectivity index (χ2v) is 3.76. The highest BCUT2D eigenvalue weighted by Crippen LogP contribution is 2.35. The summed E-state index contributed by atoms with van der Waals surface area (Å²) in [4.78, 5) is 11.2. The minimum atomic E-state index is -1.63. The second-order valence-electron chi connectivity index (χ2n) is 3.76. The molecule has 0 spiro atoms. The third-order valence-electron chi connectivity index (χ3n) is 2.75. The Morgan fingerprint density at radius 1 is 1.29 bits per heavy atom. The third kappa shape index (κ3) is 3.26. The Hall–Kier alpha value is -0.950. The van der Waals surface area contributed by atoms with Gasteiger partial charge in [-0.1, -0.05) is 6.58 Å². The molecule has 0 radical (unpaired) electrons. The molecule has 3 N–H and O–H groups in total. The van der Waals surface area contributed by atoms with Crippen molar-refractivity contribution in [3.63, 3.8) is 0 Å². The molecule has 0 bridgehead atoms. The zero-order valence-electron chi connectivity index (χ0n) is 10.2. The lowest BCUT2D eigenvalue weighted by Crippen LogP contribution is -2.57. The van der Waals surface area contributed by atoms with E-state index in [9.17, 15) is 20.1 Å². The molecule has 0 aromatic heterocycles. The van der Waals surface area contributed by atoms with Crippen molar-refractivity contribution < 1.29 is 29.6 Å². The normalized spacial score (nSPS) is 15.1. The molecule has 0 amide bonds. The maximum atomic E-state index is 11.2. The molecular formula is C11H20O6. The highest BCUT2D eigenvalue weighted by molar-refractivity contribution is 5.81. The van der Waals surface area contributed by atoms with Gasteiger partial charge in [-0.15, -0.1) is 0 Å². The van der Waals surface area contributed by atoms with Gasteiger partial charge in [-0.2, -0.15) is 0 Å². The number of carbonyl (C=O) groups excluding carboxylic acids is 1. The molecule has 0 saturated carbocycles. The molecule has 0 rings (SSSR count). The summed E-state index contributed by atoms with van der Waals surface area (Å²) in [6, 6.07) is 0. The maximum Gasteiger partial charge on any atom is 0.332 e. The first-order valence-corrected chi connectivity index (χ1v) is 5.27. The van der Waals surface area contributed by atoms with Crippen LogP contribution in [0.3, 0.4) is 0 Å². The van der Waals surface area contributed by atoms with E-state index in [0.717, 1.165) is 6.08 Å². The number of ether oxygens (including phenoxy) is 2. The van der Waals surface area contributed by atoms with Crippen molar-refractivity contribution in [3.8, 4) is 0 Å². The first-order chi connectivity index (χ1) is 7.95. The Morgan fingerprint density at radius 3 is 2.06 bits per heavy atom. The van der Waals surface area contributed by atoms with Crippen LogP contribution in [0.4, 0.5) is 0 Å².